The average Bonchev–Trinajstić information content (AvgIpc) is 3.36. The van der Waals surface area contributed by atoms with Gasteiger partial charge in [0, 0.05) is 37.9 Å². The molecule has 0 spiro atoms. The van der Waals surface area contributed by atoms with Crippen LogP contribution in [0.3, 0.4) is 0 Å². The molecular weight excluding hydrogens is 372 g/mol. The smallest absolute Gasteiger partial charge is 0.274 e. The lowest BCUT2D eigenvalue weighted by Gasteiger charge is -2.22. The number of hydrogen-bond acceptors (Lipinski definition) is 5. The van der Waals surface area contributed by atoms with Gasteiger partial charge in [0.25, 0.3) is 5.56 Å². The Balaban J connectivity index is 2.11. The minimum absolute atomic E-state index is 0.0791. The van der Waals surface area contributed by atoms with E-state index in [0.717, 1.165) is 11.4 Å². The van der Waals surface area contributed by atoms with Gasteiger partial charge in [0.05, 0.1) is 33.7 Å². The van der Waals surface area contributed by atoms with Crippen LogP contribution < -0.4 is 20.5 Å². The van der Waals surface area contributed by atoms with Gasteiger partial charge in [-0.25, -0.2) is 0 Å². The number of rotatable bonds is 2. The molecule has 3 aromatic heterocycles. The van der Waals surface area contributed by atoms with E-state index in [9.17, 15) is 15.3 Å². The summed E-state index contributed by atoms with van der Waals surface area (Å²) in [7, 11) is 3.73. The van der Waals surface area contributed by atoms with Gasteiger partial charge >= 0.3 is 0 Å². The summed E-state index contributed by atoms with van der Waals surface area (Å²) in [6.07, 6.45) is 5.50. The normalized spacial score (nSPS) is 16.8. The first-order valence-electron chi connectivity index (χ1n) is 8.48. The van der Waals surface area contributed by atoms with Crippen molar-refractivity contribution in [2.24, 2.45) is 19.8 Å². The Morgan fingerprint density at radius 1 is 1.11 bits per heavy atom. The lowest BCUT2D eigenvalue weighted by Crippen LogP contribution is -2.38. The predicted molar refractivity (Wildman–Crippen MR) is 107 cm³/mol. The van der Waals surface area contributed by atoms with Crippen LogP contribution in [0.5, 0.6) is 0 Å². The molecule has 28 heavy (non-hydrogen) atoms. The number of fused-ring (bicyclic) bond motifs is 1. The molecule has 0 fully saturated rings. The van der Waals surface area contributed by atoms with Crippen LogP contribution in [0.4, 0.5) is 0 Å². The SMILES string of the molecule is Cn1cccc1/C=c1\sc2n(c1=O)C(N)=C(C#N)[C@@H](c1cccn1C)C=2C#N. The molecule has 0 radical (unpaired) electrons. The Morgan fingerprint density at radius 3 is 2.36 bits per heavy atom. The summed E-state index contributed by atoms with van der Waals surface area (Å²) in [5.74, 6) is -0.522. The van der Waals surface area contributed by atoms with Crippen LogP contribution in [0, 0.1) is 22.7 Å². The molecule has 0 saturated carbocycles. The van der Waals surface area contributed by atoms with Gasteiger partial charge in [-0.1, -0.05) is 0 Å². The van der Waals surface area contributed by atoms with Crippen LogP contribution in [0.15, 0.2) is 47.0 Å². The summed E-state index contributed by atoms with van der Waals surface area (Å²) < 4.78 is 5.96. The highest BCUT2D eigenvalue weighted by Crippen LogP contribution is 2.35. The Kier molecular flexibility index (Phi) is 4.07. The van der Waals surface area contributed by atoms with Crippen LogP contribution in [-0.2, 0) is 14.1 Å². The number of aryl methyl sites for hydroxylation is 2. The highest BCUT2D eigenvalue weighted by molar-refractivity contribution is 7.07. The van der Waals surface area contributed by atoms with Crippen molar-refractivity contribution in [1.29, 1.82) is 10.5 Å². The van der Waals surface area contributed by atoms with Gasteiger partial charge in [-0.2, -0.15) is 10.5 Å². The Bertz CT molecular complexity index is 1400. The molecular formula is C20H16N6OS. The van der Waals surface area contributed by atoms with Gasteiger partial charge in [-0.15, -0.1) is 11.3 Å². The molecule has 0 aromatic carbocycles. The molecule has 2 N–H and O–H groups in total. The van der Waals surface area contributed by atoms with Crippen LogP contribution in [0.25, 0.3) is 17.5 Å². The highest BCUT2D eigenvalue weighted by Gasteiger charge is 2.33. The number of nitrogens with two attached hydrogens (primary N) is 1. The van der Waals surface area contributed by atoms with E-state index in [1.54, 1.807) is 6.08 Å². The maximum absolute atomic E-state index is 13.0. The summed E-state index contributed by atoms with van der Waals surface area (Å²) in [5, 5.41) is 19.7. The van der Waals surface area contributed by atoms with Crippen LogP contribution in [0.1, 0.15) is 17.3 Å². The fraction of sp³-hybridized carbons (Fsp3) is 0.150. The third kappa shape index (κ3) is 2.43. The predicted octanol–water partition coefficient (Wildman–Crippen LogP) is 0.538. The molecule has 1 aliphatic heterocycles. The maximum atomic E-state index is 13.0. The van der Waals surface area contributed by atoms with Crippen molar-refractivity contribution in [3.8, 4) is 12.1 Å². The number of aromatic nitrogens is 3. The van der Waals surface area contributed by atoms with E-state index in [1.165, 1.54) is 15.9 Å². The fourth-order valence-electron chi connectivity index (χ4n) is 3.48. The van der Waals surface area contributed by atoms with Crippen molar-refractivity contribution in [1.82, 2.24) is 13.7 Å². The van der Waals surface area contributed by atoms with E-state index in [-0.39, 0.29) is 17.0 Å². The van der Waals surface area contributed by atoms with Gasteiger partial charge < -0.3 is 14.9 Å². The molecule has 0 bridgehead atoms. The molecule has 4 heterocycles. The quantitative estimate of drug-likeness (QED) is 0.691. The number of thiazole rings is 1. The second-order valence-electron chi connectivity index (χ2n) is 6.51. The zero-order valence-corrected chi connectivity index (χ0v) is 16.1. The molecule has 0 aliphatic carbocycles. The first-order chi connectivity index (χ1) is 13.5. The van der Waals surface area contributed by atoms with Gasteiger partial charge in [0.1, 0.15) is 10.5 Å². The van der Waals surface area contributed by atoms with E-state index in [1.807, 2.05) is 59.9 Å². The number of allylic oxidation sites excluding steroid dienone is 1. The third-order valence-corrected chi connectivity index (χ3v) is 6.04. The highest BCUT2D eigenvalue weighted by atomic mass is 32.1. The van der Waals surface area contributed by atoms with E-state index in [2.05, 4.69) is 12.1 Å². The zero-order valence-electron chi connectivity index (χ0n) is 15.2. The molecule has 4 rings (SSSR count). The van der Waals surface area contributed by atoms with Crippen molar-refractivity contribution in [3.63, 3.8) is 0 Å². The van der Waals surface area contributed by atoms with Crippen LogP contribution in [-0.4, -0.2) is 13.7 Å². The van der Waals surface area contributed by atoms with Gasteiger partial charge in [-0.05, 0) is 30.3 Å². The summed E-state index contributed by atoms with van der Waals surface area (Å²) in [6, 6.07) is 11.8. The van der Waals surface area contributed by atoms with Gasteiger partial charge in [-0.3, -0.25) is 9.36 Å². The molecule has 1 aliphatic rings. The number of nitriles is 2. The van der Waals surface area contributed by atoms with Gasteiger partial charge in [0.2, 0.25) is 0 Å². The second kappa shape index (κ2) is 6.45. The third-order valence-electron chi connectivity index (χ3n) is 4.93. The molecule has 138 valence electrons. The first-order valence-corrected chi connectivity index (χ1v) is 9.30. The Hall–Kier alpha value is -3.75. The molecule has 0 unspecified atom stereocenters. The standard InChI is InChI=1S/C20H16N6OS/c1-24-7-3-5-12(24)9-16-19(27)26-18(23)13(10-21)17(14(11-22)20(26)28-16)15-6-4-8-25(15)2/h3-9,17H,23H2,1-2H3/b16-9-/t17-/m1/s1. The summed E-state index contributed by atoms with van der Waals surface area (Å²) in [4.78, 5) is 13.0. The number of nitrogens with zero attached hydrogens (tertiary/aromatic N) is 5. The van der Waals surface area contributed by atoms with Crippen LogP contribution in [0.2, 0.25) is 0 Å². The van der Waals surface area contributed by atoms with E-state index in [4.69, 9.17) is 5.73 Å². The van der Waals surface area contributed by atoms with Crippen molar-refractivity contribution in [2.75, 3.05) is 0 Å². The molecule has 0 saturated heterocycles. The number of hydrogen-bond donors (Lipinski definition) is 1. The topological polar surface area (TPSA) is 105 Å². The summed E-state index contributed by atoms with van der Waals surface area (Å²) >= 11 is 1.21. The summed E-state index contributed by atoms with van der Waals surface area (Å²) in [5.41, 5.74) is 8.11. The minimum Gasteiger partial charge on any atom is -0.384 e. The van der Waals surface area contributed by atoms with Crippen LogP contribution >= 0.6 is 11.3 Å². The van der Waals surface area contributed by atoms with Crippen molar-refractivity contribution in [2.45, 2.75) is 5.92 Å². The Morgan fingerprint density at radius 2 is 1.79 bits per heavy atom. The summed E-state index contributed by atoms with van der Waals surface area (Å²) in [6.45, 7) is 0. The van der Waals surface area contributed by atoms with E-state index in [0.29, 0.717) is 14.8 Å². The van der Waals surface area contributed by atoms with Gasteiger partial charge in [0.15, 0.2) is 0 Å². The minimum atomic E-state index is -0.601. The van der Waals surface area contributed by atoms with Crippen molar-refractivity contribution < 1.29 is 0 Å². The maximum Gasteiger partial charge on any atom is 0.274 e. The Labute approximate surface area is 164 Å². The lowest BCUT2D eigenvalue weighted by atomic mass is 9.88. The first kappa shape index (κ1) is 17.7. The second-order valence-corrected chi connectivity index (χ2v) is 7.54. The molecule has 3 aromatic rings. The molecule has 0 amide bonds. The fourth-order valence-corrected chi connectivity index (χ4v) is 4.59. The zero-order chi connectivity index (χ0) is 20.0. The molecule has 8 heteroatoms. The van der Waals surface area contributed by atoms with Crippen molar-refractivity contribution in [3.05, 3.63) is 73.2 Å². The largest absolute Gasteiger partial charge is 0.384 e. The average molecular weight is 388 g/mol. The van der Waals surface area contributed by atoms with E-state index >= 15 is 0 Å². The lowest BCUT2D eigenvalue weighted by molar-refractivity contribution is 0.799. The van der Waals surface area contributed by atoms with E-state index < -0.39 is 5.92 Å². The molecule has 7 nitrogen and oxygen atoms in total. The van der Waals surface area contributed by atoms with Crippen molar-refractivity contribution >= 4 is 28.8 Å². The molecule has 1 atom stereocenters. The monoisotopic (exact) mass is 388 g/mol.